The zero-order valence-electron chi connectivity index (χ0n) is 10.5. The zero-order valence-corrected chi connectivity index (χ0v) is 11.3. The van der Waals surface area contributed by atoms with Crippen molar-refractivity contribution in [2.75, 3.05) is 0 Å². The summed E-state index contributed by atoms with van der Waals surface area (Å²) in [5.74, 6) is -0.741. The van der Waals surface area contributed by atoms with Gasteiger partial charge in [0.25, 0.3) is 0 Å². The fourth-order valence-electron chi connectivity index (χ4n) is 1.57. The maximum atomic E-state index is 13.5. The Kier molecular flexibility index (Phi) is 4.09. The van der Waals surface area contributed by atoms with E-state index in [1.807, 2.05) is 0 Å². The molecule has 0 aliphatic heterocycles. The third-order valence-electron chi connectivity index (χ3n) is 2.55. The van der Waals surface area contributed by atoms with E-state index >= 15 is 0 Å². The van der Waals surface area contributed by atoms with Gasteiger partial charge in [0.15, 0.2) is 5.78 Å². The summed E-state index contributed by atoms with van der Waals surface area (Å²) in [6.07, 6.45) is 0. The number of rotatable bonds is 5. The van der Waals surface area contributed by atoms with Gasteiger partial charge in [-0.1, -0.05) is 11.3 Å². The van der Waals surface area contributed by atoms with E-state index in [1.165, 1.54) is 25.1 Å². The highest BCUT2D eigenvalue weighted by molar-refractivity contribution is 7.13. The molecule has 0 atom stereocenters. The van der Waals surface area contributed by atoms with E-state index in [4.69, 9.17) is 4.74 Å². The summed E-state index contributed by atoms with van der Waals surface area (Å²) in [5, 5.41) is 12.2. The molecule has 104 valence electrons. The van der Waals surface area contributed by atoms with E-state index in [9.17, 15) is 19.3 Å². The quantitative estimate of drug-likeness (QED) is 0.480. The Bertz CT molecular complexity index is 668. The second kappa shape index (κ2) is 5.79. The van der Waals surface area contributed by atoms with Crippen LogP contribution in [0.4, 0.5) is 9.39 Å². The highest BCUT2D eigenvalue weighted by Gasteiger charge is 2.11. The molecule has 5 nitrogen and oxygen atoms in total. The highest BCUT2D eigenvalue weighted by atomic mass is 32.1. The van der Waals surface area contributed by atoms with Gasteiger partial charge in [-0.15, -0.1) is 0 Å². The Labute approximate surface area is 117 Å². The van der Waals surface area contributed by atoms with Crippen molar-refractivity contribution in [2.24, 2.45) is 0 Å². The van der Waals surface area contributed by atoms with Crippen LogP contribution >= 0.6 is 11.3 Å². The molecule has 2 rings (SSSR count). The third-order valence-corrected chi connectivity index (χ3v) is 3.47. The number of ether oxygens (including phenoxy) is 1. The number of nitrogens with zero attached hydrogens (tertiary/aromatic N) is 1. The molecule has 20 heavy (non-hydrogen) atoms. The molecule has 2 aromatic rings. The molecule has 0 aliphatic rings. The van der Waals surface area contributed by atoms with Gasteiger partial charge in [-0.2, -0.15) is 0 Å². The molecule has 0 fully saturated rings. The second-order valence-electron chi connectivity index (χ2n) is 4.04. The average Bonchev–Trinajstić information content (AvgIpc) is 2.85. The van der Waals surface area contributed by atoms with Crippen LogP contribution in [0.2, 0.25) is 0 Å². The number of ketones is 1. The molecule has 0 amide bonds. The lowest BCUT2D eigenvalue weighted by atomic mass is 10.1. The molecule has 7 heteroatoms. The van der Waals surface area contributed by atoms with Crippen molar-refractivity contribution in [3.05, 3.63) is 56.7 Å². The summed E-state index contributed by atoms with van der Waals surface area (Å²) < 4.78 is 18.9. The lowest BCUT2D eigenvalue weighted by Gasteiger charge is -2.06. The normalized spacial score (nSPS) is 10.3. The van der Waals surface area contributed by atoms with Crippen molar-refractivity contribution in [1.29, 1.82) is 0 Å². The maximum absolute atomic E-state index is 13.5. The first-order valence-corrected chi connectivity index (χ1v) is 6.50. The van der Waals surface area contributed by atoms with Crippen molar-refractivity contribution in [2.45, 2.75) is 13.5 Å². The number of carbonyl (C=O) groups is 1. The Balaban J connectivity index is 2.05. The lowest BCUT2D eigenvalue weighted by molar-refractivity contribution is -0.380. The minimum Gasteiger partial charge on any atom is -0.489 e. The minimum atomic E-state index is -0.647. The van der Waals surface area contributed by atoms with Crippen molar-refractivity contribution >= 4 is 22.1 Å². The number of hydrogen-bond acceptors (Lipinski definition) is 5. The van der Waals surface area contributed by atoms with E-state index in [-0.39, 0.29) is 28.7 Å². The number of carbonyl (C=O) groups excluding carboxylic acids is 1. The fourth-order valence-corrected chi connectivity index (χ4v) is 2.29. The zero-order chi connectivity index (χ0) is 14.7. The Morgan fingerprint density at radius 1 is 1.45 bits per heavy atom. The van der Waals surface area contributed by atoms with Gasteiger partial charge in [0, 0.05) is 23.1 Å². The van der Waals surface area contributed by atoms with Crippen LogP contribution in [0.15, 0.2) is 29.6 Å². The molecule has 1 aromatic carbocycles. The number of nitro groups is 1. The molecule has 0 unspecified atom stereocenters. The number of benzene rings is 1. The summed E-state index contributed by atoms with van der Waals surface area (Å²) in [6, 6.07) is 5.37. The van der Waals surface area contributed by atoms with Crippen molar-refractivity contribution in [1.82, 2.24) is 0 Å². The first kappa shape index (κ1) is 14.1. The topological polar surface area (TPSA) is 69.4 Å². The Hall–Kier alpha value is -2.28. The van der Waals surface area contributed by atoms with Crippen molar-refractivity contribution in [3.63, 3.8) is 0 Å². The van der Waals surface area contributed by atoms with Crippen LogP contribution in [0.25, 0.3) is 0 Å². The monoisotopic (exact) mass is 295 g/mol. The summed E-state index contributed by atoms with van der Waals surface area (Å²) in [4.78, 5) is 21.1. The van der Waals surface area contributed by atoms with Crippen LogP contribution in [0.1, 0.15) is 22.8 Å². The number of Topliss-reactive ketones (excluding diaryl/α,β-unsaturated/α-hetero) is 1. The van der Waals surface area contributed by atoms with E-state index in [1.54, 1.807) is 5.38 Å². The summed E-state index contributed by atoms with van der Waals surface area (Å²) in [7, 11) is 0. The van der Waals surface area contributed by atoms with Gasteiger partial charge in [-0.25, -0.2) is 4.39 Å². The number of thiophene rings is 1. The fraction of sp³-hybridized carbons (Fsp3) is 0.154. The second-order valence-corrected chi connectivity index (χ2v) is 4.93. The van der Waals surface area contributed by atoms with Crippen LogP contribution < -0.4 is 4.74 Å². The highest BCUT2D eigenvalue weighted by Crippen LogP contribution is 2.24. The minimum absolute atomic E-state index is 0.00326. The van der Waals surface area contributed by atoms with Crippen LogP contribution in [0.3, 0.4) is 0 Å². The lowest BCUT2D eigenvalue weighted by Crippen LogP contribution is -1.99. The van der Waals surface area contributed by atoms with Gasteiger partial charge in [-0.05, 0) is 19.1 Å². The molecule has 0 bridgehead atoms. The molecular weight excluding hydrogens is 285 g/mol. The largest absolute Gasteiger partial charge is 0.489 e. The van der Waals surface area contributed by atoms with Gasteiger partial charge in [0.2, 0.25) is 0 Å². The molecule has 0 saturated heterocycles. The van der Waals surface area contributed by atoms with Gasteiger partial charge in [0.05, 0.1) is 10.5 Å². The smallest absolute Gasteiger partial charge is 0.324 e. The molecule has 0 N–H and O–H groups in total. The van der Waals surface area contributed by atoms with Gasteiger partial charge in [-0.3, -0.25) is 14.9 Å². The number of halogens is 1. The molecular formula is C13H10FNO4S. The molecule has 1 heterocycles. The Morgan fingerprint density at radius 3 is 2.75 bits per heavy atom. The molecule has 0 saturated carbocycles. The third kappa shape index (κ3) is 3.18. The predicted octanol–water partition coefficient (Wildman–Crippen LogP) is 3.58. The van der Waals surface area contributed by atoms with Gasteiger partial charge in [0.1, 0.15) is 18.2 Å². The van der Waals surface area contributed by atoms with Crippen LogP contribution in [0.5, 0.6) is 5.75 Å². The van der Waals surface area contributed by atoms with Crippen molar-refractivity contribution < 1.29 is 18.8 Å². The standard InChI is InChI=1S/C13H10FNO4S/c1-8(16)11-3-2-10(5-12(11)14)19-6-9-4-13(15(17)18)20-7-9/h2-5,7H,6H2,1H3. The first-order chi connectivity index (χ1) is 9.47. The number of hydrogen-bond donors (Lipinski definition) is 0. The van der Waals surface area contributed by atoms with E-state index in [0.717, 1.165) is 17.4 Å². The summed E-state index contributed by atoms with van der Waals surface area (Å²) in [6.45, 7) is 1.38. The van der Waals surface area contributed by atoms with Crippen LogP contribution in [-0.4, -0.2) is 10.7 Å². The predicted molar refractivity (Wildman–Crippen MR) is 71.7 cm³/mol. The molecule has 1 aromatic heterocycles. The Morgan fingerprint density at radius 2 is 2.20 bits per heavy atom. The molecule has 0 aliphatic carbocycles. The SMILES string of the molecule is CC(=O)c1ccc(OCc2csc([N+](=O)[O-])c2)cc1F. The van der Waals surface area contributed by atoms with E-state index in [2.05, 4.69) is 0 Å². The van der Waals surface area contributed by atoms with Gasteiger partial charge >= 0.3 is 5.00 Å². The first-order valence-electron chi connectivity index (χ1n) is 5.62. The van der Waals surface area contributed by atoms with E-state index < -0.39 is 10.7 Å². The summed E-state index contributed by atoms with van der Waals surface area (Å²) >= 11 is 1.00. The van der Waals surface area contributed by atoms with Crippen molar-refractivity contribution in [3.8, 4) is 5.75 Å². The van der Waals surface area contributed by atoms with Gasteiger partial charge < -0.3 is 4.74 Å². The van der Waals surface area contributed by atoms with Crippen LogP contribution in [0, 0.1) is 15.9 Å². The molecule has 0 spiro atoms. The van der Waals surface area contributed by atoms with E-state index in [0.29, 0.717) is 5.56 Å². The summed E-state index contributed by atoms with van der Waals surface area (Å²) in [5.41, 5.74) is 0.640. The van der Waals surface area contributed by atoms with Crippen LogP contribution in [-0.2, 0) is 6.61 Å². The maximum Gasteiger partial charge on any atom is 0.324 e. The molecule has 0 radical (unpaired) electrons. The average molecular weight is 295 g/mol.